The van der Waals surface area contributed by atoms with Gasteiger partial charge in [-0.05, 0) is 60.5 Å². The van der Waals surface area contributed by atoms with Gasteiger partial charge in [0.25, 0.3) is 0 Å². The van der Waals surface area contributed by atoms with Crippen molar-refractivity contribution < 1.29 is 23.7 Å². The summed E-state index contributed by atoms with van der Waals surface area (Å²) in [6.07, 6.45) is 1.64. The van der Waals surface area contributed by atoms with Gasteiger partial charge >= 0.3 is 5.97 Å². The number of nitriles is 1. The van der Waals surface area contributed by atoms with Crippen molar-refractivity contribution in [1.29, 1.82) is 5.26 Å². The molecule has 4 aromatic rings. The van der Waals surface area contributed by atoms with Crippen LogP contribution < -0.4 is 24.7 Å². The fourth-order valence-corrected chi connectivity index (χ4v) is 4.46. The molecule has 2 N–H and O–H groups in total. The van der Waals surface area contributed by atoms with E-state index in [-0.39, 0.29) is 11.6 Å². The maximum atomic E-state index is 12.7. The molecule has 0 radical (unpaired) electrons. The molecule has 41 heavy (non-hydrogen) atoms. The van der Waals surface area contributed by atoms with Crippen LogP contribution in [0.3, 0.4) is 0 Å². The number of hydrogen-bond acceptors (Lipinski definition) is 7. The highest BCUT2D eigenvalue weighted by Gasteiger charge is 2.31. The summed E-state index contributed by atoms with van der Waals surface area (Å²) in [5, 5.41) is 9.89. The number of hydrogen-bond donors (Lipinski definition) is 1. The highest BCUT2D eigenvalue weighted by molar-refractivity contribution is 5.91. The van der Waals surface area contributed by atoms with Gasteiger partial charge in [-0.3, -0.25) is 0 Å². The first-order valence-corrected chi connectivity index (χ1v) is 13.0. The lowest BCUT2D eigenvalue weighted by molar-refractivity contribution is 0.0734. The molecule has 0 saturated heterocycles. The molecule has 5 rings (SSSR count). The summed E-state index contributed by atoms with van der Waals surface area (Å²) < 4.78 is 22.8. The van der Waals surface area contributed by atoms with E-state index in [2.05, 4.69) is 24.8 Å². The Labute approximate surface area is 238 Å². The predicted octanol–water partition coefficient (Wildman–Crippen LogP) is 6.58. The van der Waals surface area contributed by atoms with E-state index in [0.29, 0.717) is 41.6 Å². The van der Waals surface area contributed by atoms with Crippen molar-refractivity contribution in [1.82, 2.24) is 0 Å². The largest absolute Gasteiger partial charge is 0.490 e. The van der Waals surface area contributed by atoms with E-state index in [9.17, 15) is 10.1 Å². The Morgan fingerprint density at radius 3 is 2.29 bits per heavy atom. The SMILES string of the molecule is C=CCOc1ccc(C(=O)Oc2ccc3c(c2)OC(N)=C(C#N)C3c2ccc(OCc3ccc(C)cc3)cc2)cc1. The zero-order valence-corrected chi connectivity index (χ0v) is 22.5. The van der Waals surface area contributed by atoms with E-state index in [1.165, 1.54) is 5.56 Å². The third-order valence-corrected chi connectivity index (χ3v) is 6.60. The number of carbonyl (C=O) groups is 1. The van der Waals surface area contributed by atoms with Crippen LogP contribution in [0.15, 0.2) is 115 Å². The minimum atomic E-state index is -0.532. The van der Waals surface area contributed by atoms with Crippen molar-refractivity contribution >= 4 is 5.97 Å². The number of benzene rings is 4. The highest BCUT2D eigenvalue weighted by atomic mass is 16.5. The van der Waals surface area contributed by atoms with Crippen LogP contribution in [0.1, 0.15) is 38.5 Å². The Hall–Kier alpha value is -5.48. The smallest absolute Gasteiger partial charge is 0.343 e. The second kappa shape index (κ2) is 12.1. The van der Waals surface area contributed by atoms with Crippen LogP contribution in [-0.2, 0) is 6.61 Å². The third-order valence-electron chi connectivity index (χ3n) is 6.60. The second-order valence-electron chi connectivity index (χ2n) is 9.48. The van der Waals surface area contributed by atoms with Crippen molar-refractivity contribution in [2.45, 2.75) is 19.4 Å². The van der Waals surface area contributed by atoms with Crippen molar-refractivity contribution in [3.05, 3.63) is 143 Å². The number of esters is 1. The fraction of sp³-hybridized carbons (Fsp3) is 0.118. The predicted molar refractivity (Wildman–Crippen MR) is 155 cm³/mol. The van der Waals surface area contributed by atoms with Gasteiger partial charge in [0, 0.05) is 11.6 Å². The van der Waals surface area contributed by atoms with Crippen molar-refractivity contribution in [3.8, 4) is 29.1 Å². The van der Waals surface area contributed by atoms with Crippen molar-refractivity contribution in [2.75, 3.05) is 6.61 Å². The number of carbonyl (C=O) groups excluding carboxylic acids is 1. The van der Waals surface area contributed by atoms with Gasteiger partial charge in [0.15, 0.2) is 0 Å². The molecule has 0 saturated carbocycles. The monoisotopic (exact) mass is 544 g/mol. The Kier molecular flexibility index (Phi) is 8.03. The topological polar surface area (TPSA) is 104 Å². The standard InChI is InChI=1S/C34H28N2O5/c1-3-18-38-26-14-10-25(11-15-26)34(37)40-28-16-17-29-31(19-28)41-33(36)30(20-35)32(29)24-8-12-27(13-9-24)39-21-23-6-4-22(2)5-7-23/h3-17,19,32H,1,18,21,36H2,2H3. The fourth-order valence-electron chi connectivity index (χ4n) is 4.46. The van der Waals surface area contributed by atoms with Gasteiger partial charge in [-0.15, -0.1) is 0 Å². The first-order valence-electron chi connectivity index (χ1n) is 13.0. The maximum absolute atomic E-state index is 12.7. The van der Waals surface area contributed by atoms with Crippen molar-refractivity contribution in [3.63, 3.8) is 0 Å². The van der Waals surface area contributed by atoms with E-state index >= 15 is 0 Å². The molecule has 0 amide bonds. The summed E-state index contributed by atoms with van der Waals surface area (Å²) in [6, 6.07) is 29.6. The number of nitrogens with zero attached hydrogens (tertiary/aromatic N) is 1. The quantitative estimate of drug-likeness (QED) is 0.144. The van der Waals surface area contributed by atoms with Crippen LogP contribution in [0.5, 0.6) is 23.0 Å². The van der Waals surface area contributed by atoms with Crippen molar-refractivity contribution in [2.24, 2.45) is 5.73 Å². The van der Waals surface area contributed by atoms with E-state index in [1.807, 2.05) is 43.3 Å². The molecular weight excluding hydrogens is 516 g/mol. The minimum Gasteiger partial charge on any atom is -0.490 e. The van der Waals surface area contributed by atoms with Gasteiger partial charge in [-0.25, -0.2) is 4.79 Å². The molecular formula is C34H28N2O5. The Morgan fingerprint density at radius 2 is 1.61 bits per heavy atom. The van der Waals surface area contributed by atoms with Crippen LogP contribution in [0.4, 0.5) is 0 Å². The second-order valence-corrected chi connectivity index (χ2v) is 9.48. The molecule has 204 valence electrons. The summed E-state index contributed by atoms with van der Waals surface area (Å²) in [4.78, 5) is 12.7. The molecule has 4 aromatic carbocycles. The Morgan fingerprint density at radius 1 is 0.951 bits per heavy atom. The van der Waals surface area contributed by atoms with Gasteiger partial charge in [0.1, 0.15) is 47.9 Å². The molecule has 1 aliphatic rings. The molecule has 0 aromatic heterocycles. The van der Waals surface area contributed by atoms with E-state index < -0.39 is 11.9 Å². The summed E-state index contributed by atoms with van der Waals surface area (Å²) in [5.41, 5.74) is 10.7. The average molecular weight is 545 g/mol. The summed E-state index contributed by atoms with van der Waals surface area (Å²) in [5.74, 6) is 1.04. The van der Waals surface area contributed by atoms with Crippen LogP contribution in [0, 0.1) is 18.3 Å². The number of ether oxygens (including phenoxy) is 4. The molecule has 1 aliphatic heterocycles. The number of rotatable bonds is 9. The van der Waals surface area contributed by atoms with E-state index in [0.717, 1.165) is 16.7 Å². The van der Waals surface area contributed by atoms with Gasteiger partial charge < -0.3 is 24.7 Å². The lowest BCUT2D eigenvalue weighted by Crippen LogP contribution is -2.21. The van der Waals surface area contributed by atoms with Gasteiger partial charge in [-0.1, -0.05) is 60.7 Å². The van der Waals surface area contributed by atoms with Crippen LogP contribution in [-0.4, -0.2) is 12.6 Å². The van der Waals surface area contributed by atoms with E-state index in [4.69, 9.17) is 24.7 Å². The number of allylic oxidation sites excluding steroid dienone is 1. The zero-order valence-electron chi connectivity index (χ0n) is 22.5. The first kappa shape index (κ1) is 27.1. The highest BCUT2D eigenvalue weighted by Crippen LogP contribution is 2.43. The molecule has 0 fully saturated rings. The van der Waals surface area contributed by atoms with Gasteiger partial charge in [0.2, 0.25) is 5.88 Å². The Bertz CT molecular complexity index is 1630. The lowest BCUT2D eigenvalue weighted by atomic mass is 9.83. The van der Waals surface area contributed by atoms with Crippen LogP contribution >= 0.6 is 0 Å². The first-order chi connectivity index (χ1) is 19.9. The molecule has 1 heterocycles. The maximum Gasteiger partial charge on any atom is 0.343 e. The molecule has 7 nitrogen and oxygen atoms in total. The molecule has 0 bridgehead atoms. The molecule has 0 spiro atoms. The lowest BCUT2D eigenvalue weighted by Gasteiger charge is -2.26. The van der Waals surface area contributed by atoms with Gasteiger partial charge in [0.05, 0.1) is 11.5 Å². The molecule has 1 unspecified atom stereocenters. The van der Waals surface area contributed by atoms with Crippen LogP contribution in [0.2, 0.25) is 0 Å². The minimum absolute atomic E-state index is 0.00304. The normalized spacial score (nSPS) is 13.8. The Balaban J connectivity index is 1.33. The average Bonchev–Trinajstić information content (AvgIpc) is 2.99. The summed E-state index contributed by atoms with van der Waals surface area (Å²) in [7, 11) is 0. The van der Waals surface area contributed by atoms with Crippen LogP contribution in [0.25, 0.3) is 0 Å². The molecule has 7 heteroatoms. The number of fused-ring (bicyclic) bond motifs is 1. The summed E-state index contributed by atoms with van der Waals surface area (Å²) >= 11 is 0. The molecule has 1 atom stereocenters. The third kappa shape index (κ3) is 6.23. The summed E-state index contributed by atoms with van der Waals surface area (Å²) in [6.45, 7) is 6.48. The molecule has 0 aliphatic carbocycles. The van der Waals surface area contributed by atoms with E-state index in [1.54, 1.807) is 48.5 Å². The zero-order chi connectivity index (χ0) is 28.8. The number of aryl methyl sites for hydroxylation is 1. The number of nitrogens with two attached hydrogens (primary N) is 1. The van der Waals surface area contributed by atoms with Gasteiger partial charge in [-0.2, -0.15) is 5.26 Å².